The van der Waals surface area contributed by atoms with E-state index in [4.69, 9.17) is 0 Å². The normalized spacial score (nSPS) is 15.2. The SMILES string of the molecule is CCc1ccc(S(=O)(=O)Nc2ccc(N3CCN(C=O)CC3)nn2)s1. The van der Waals surface area contributed by atoms with Gasteiger partial charge in [0.25, 0.3) is 10.0 Å². The number of nitrogens with one attached hydrogen (secondary N) is 1. The molecule has 134 valence electrons. The molecule has 0 bridgehead atoms. The van der Waals surface area contributed by atoms with Crippen molar-refractivity contribution in [3.63, 3.8) is 0 Å². The lowest BCUT2D eigenvalue weighted by atomic mass is 10.3. The summed E-state index contributed by atoms with van der Waals surface area (Å²) in [6.07, 6.45) is 1.64. The molecular formula is C15H19N5O3S2. The van der Waals surface area contributed by atoms with Gasteiger partial charge in [0, 0.05) is 31.1 Å². The quantitative estimate of drug-likeness (QED) is 0.755. The van der Waals surface area contributed by atoms with Crippen LogP contribution in [0.1, 0.15) is 11.8 Å². The van der Waals surface area contributed by atoms with Crippen molar-refractivity contribution < 1.29 is 13.2 Å². The summed E-state index contributed by atoms with van der Waals surface area (Å²) in [4.78, 5) is 15.5. The maximum Gasteiger partial charge on any atom is 0.272 e. The average Bonchev–Trinajstić information content (AvgIpc) is 3.12. The number of aryl methyl sites for hydroxylation is 1. The van der Waals surface area contributed by atoms with Gasteiger partial charge in [0.15, 0.2) is 11.6 Å². The van der Waals surface area contributed by atoms with E-state index in [2.05, 4.69) is 14.9 Å². The highest BCUT2D eigenvalue weighted by Gasteiger charge is 2.19. The van der Waals surface area contributed by atoms with Crippen molar-refractivity contribution in [3.8, 4) is 0 Å². The molecule has 0 radical (unpaired) electrons. The Balaban J connectivity index is 1.67. The first-order valence-corrected chi connectivity index (χ1v) is 10.2. The van der Waals surface area contributed by atoms with E-state index < -0.39 is 10.0 Å². The third-order valence-electron chi connectivity index (χ3n) is 3.93. The minimum absolute atomic E-state index is 0.182. The summed E-state index contributed by atoms with van der Waals surface area (Å²) in [5.41, 5.74) is 0. The molecule has 1 amide bonds. The number of hydrogen-bond acceptors (Lipinski definition) is 7. The summed E-state index contributed by atoms with van der Waals surface area (Å²) in [5, 5.41) is 8.07. The van der Waals surface area contributed by atoms with Crippen LogP contribution < -0.4 is 9.62 Å². The van der Waals surface area contributed by atoms with Crippen molar-refractivity contribution in [3.05, 3.63) is 29.1 Å². The highest BCUT2D eigenvalue weighted by Crippen LogP contribution is 2.24. The molecule has 1 fully saturated rings. The minimum atomic E-state index is -3.64. The number of carbonyl (C=O) groups excluding carboxylic acids is 1. The molecule has 0 unspecified atom stereocenters. The summed E-state index contributed by atoms with van der Waals surface area (Å²) in [7, 11) is -3.64. The number of aromatic nitrogens is 2. The lowest BCUT2D eigenvalue weighted by molar-refractivity contribution is -0.118. The molecule has 3 heterocycles. The first kappa shape index (κ1) is 17.6. The van der Waals surface area contributed by atoms with Gasteiger partial charge in [-0.25, -0.2) is 8.42 Å². The lowest BCUT2D eigenvalue weighted by Gasteiger charge is -2.32. The monoisotopic (exact) mass is 381 g/mol. The van der Waals surface area contributed by atoms with Crippen molar-refractivity contribution in [2.24, 2.45) is 0 Å². The molecule has 8 nitrogen and oxygen atoms in total. The van der Waals surface area contributed by atoms with Crippen LogP contribution in [0.4, 0.5) is 11.6 Å². The Bertz CT molecular complexity index is 827. The van der Waals surface area contributed by atoms with Crippen LogP contribution in [0.2, 0.25) is 0 Å². The number of piperazine rings is 1. The van der Waals surface area contributed by atoms with E-state index in [1.54, 1.807) is 23.1 Å². The predicted octanol–water partition coefficient (Wildman–Crippen LogP) is 1.18. The van der Waals surface area contributed by atoms with Crippen molar-refractivity contribution >= 4 is 39.4 Å². The Hall–Kier alpha value is -2.20. The minimum Gasteiger partial charge on any atom is -0.352 e. The summed E-state index contributed by atoms with van der Waals surface area (Å²) in [5.74, 6) is 0.847. The third-order valence-corrected chi connectivity index (χ3v) is 7.00. The van der Waals surface area contributed by atoms with Crippen LogP contribution >= 0.6 is 11.3 Å². The van der Waals surface area contributed by atoms with Gasteiger partial charge in [-0.15, -0.1) is 21.5 Å². The van der Waals surface area contributed by atoms with E-state index >= 15 is 0 Å². The Labute approximate surface area is 150 Å². The molecule has 1 aliphatic heterocycles. The molecular weight excluding hydrogens is 362 g/mol. The lowest BCUT2D eigenvalue weighted by Crippen LogP contribution is -2.46. The summed E-state index contributed by atoms with van der Waals surface area (Å²) in [6, 6.07) is 6.74. The van der Waals surface area contributed by atoms with Crippen LogP contribution in [0.15, 0.2) is 28.5 Å². The van der Waals surface area contributed by atoms with E-state index in [1.807, 2.05) is 17.9 Å². The molecule has 1 saturated heterocycles. The largest absolute Gasteiger partial charge is 0.352 e. The van der Waals surface area contributed by atoms with Crippen LogP contribution in [0.25, 0.3) is 0 Å². The molecule has 0 atom stereocenters. The second-order valence-electron chi connectivity index (χ2n) is 5.58. The first-order chi connectivity index (χ1) is 12.0. The molecule has 0 aliphatic carbocycles. The smallest absolute Gasteiger partial charge is 0.272 e. The molecule has 1 N–H and O–H groups in total. The third kappa shape index (κ3) is 4.07. The zero-order chi connectivity index (χ0) is 17.9. The molecule has 25 heavy (non-hydrogen) atoms. The Morgan fingerprint density at radius 2 is 1.92 bits per heavy atom. The Kier molecular flexibility index (Phi) is 5.19. The topological polar surface area (TPSA) is 95.5 Å². The molecule has 2 aromatic heterocycles. The van der Waals surface area contributed by atoms with Crippen LogP contribution in [-0.4, -0.2) is 56.1 Å². The van der Waals surface area contributed by atoms with E-state index in [1.165, 1.54) is 11.3 Å². The summed E-state index contributed by atoms with van der Waals surface area (Å²) >= 11 is 1.25. The van der Waals surface area contributed by atoms with Gasteiger partial charge in [-0.2, -0.15) is 0 Å². The van der Waals surface area contributed by atoms with Crippen LogP contribution in [-0.2, 0) is 21.2 Å². The van der Waals surface area contributed by atoms with Gasteiger partial charge in [0.1, 0.15) is 4.21 Å². The number of nitrogens with zero attached hydrogens (tertiary/aromatic N) is 4. The van der Waals surface area contributed by atoms with Gasteiger partial charge in [-0.05, 0) is 30.7 Å². The van der Waals surface area contributed by atoms with Crippen molar-refractivity contribution in [1.29, 1.82) is 0 Å². The number of carbonyl (C=O) groups is 1. The molecule has 2 aromatic rings. The highest BCUT2D eigenvalue weighted by atomic mass is 32.2. The second kappa shape index (κ2) is 7.36. The molecule has 3 rings (SSSR count). The van der Waals surface area contributed by atoms with Gasteiger partial charge >= 0.3 is 0 Å². The van der Waals surface area contributed by atoms with Crippen molar-refractivity contribution in [2.45, 2.75) is 17.6 Å². The maximum absolute atomic E-state index is 12.4. The number of thiophene rings is 1. The van der Waals surface area contributed by atoms with E-state index in [-0.39, 0.29) is 10.0 Å². The maximum atomic E-state index is 12.4. The number of anilines is 2. The summed E-state index contributed by atoms with van der Waals surface area (Å²) in [6.45, 7) is 4.60. The van der Waals surface area contributed by atoms with Gasteiger partial charge in [-0.3, -0.25) is 9.52 Å². The standard InChI is InChI=1S/C15H19N5O3S2/c1-2-12-3-6-15(24-12)25(22,23)18-13-4-5-14(17-16-13)20-9-7-19(11-21)8-10-20/h3-6,11H,2,7-10H2,1H3,(H,16,18). The van der Waals surface area contributed by atoms with Gasteiger partial charge in [0.2, 0.25) is 6.41 Å². The van der Waals surface area contributed by atoms with E-state index in [0.29, 0.717) is 32.0 Å². The Morgan fingerprint density at radius 1 is 1.16 bits per heavy atom. The van der Waals surface area contributed by atoms with Gasteiger partial charge < -0.3 is 9.80 Å². The predicted molar refractivity (Wildman–Crippen MR) is 96.4 cm³/mol. The van der Waals surface area contributed by atoms with Crippen LogP contribution in [0, 0.1) is 0 Å². The van der Waals surface area contributed by atoms with E-state index in [9.17, 15) is 13.2 Å². The molecule has 1 aliphatic rings. The highest BCUT2D eigenvalue weighted by molar-refractivity contribution is 7.94. The number of amides is 1. The Morgan fingerprint density at radius 3 is 2.48 bits per heavy atom. The van der Waals surface area contributed by atoms with Gasteiger partial charge in [0.05, 0.1) is 0 Å². The molecule has 0 aromatic carbocycles. The molecule has 0 spiro atoms. The second-order valence-corrected chi connectivity index (χ2v) is 8.66. The van der Waals surface area contributed by atoms with Crippen molar-refractivity contribution in [1.82, 2.24) is 15.1 Å². The molecule has 0 saturated carbocycles. The van der Waals surface area contributed by atoms with E-state index in [0.717, 1.165) is 17.7 Å². The van der Waals surface area contributed by atoms with Crippen LogP contribution in [0.5, 0.6) is 0 Å². The molecule has 10 heteroatoms. The summed E-state index contributed by atoms with van der Waals surface area (Å²) < 4.78 is 27.5. The average molecular weight is 381 g/mol. The zero-order valence-electron chi connectivity index (χ0n) is 13.8. The zero-order valence-corrected chi connectivity index (χ0v) is 15.4. The fourth-order valence-corrected chi connectivity index (χ4v) is 4.78. The van der Waals surface area contributed by atoms with Crippen LogP contribution in [0.3, 0.4) is 0 Å². The van der Waals surface area contributed by atoms with Gasteiger partial charge in [-0.1, -0.05) is 6.92 Å². The number of hydrogen-bond donors (Lipinski definition) is 1. The fraction of sp³-hybridized carbons (Fsp3) is 0.400. The first-order valence-electron chi connectivity index (χ1n) is 7.91. The number of rotatable bonds is 6. The van der Waals surface area contributed by atoms with Crippen molar-refractivity contribution in [2.75, 3.05) is 35.8 Å². The number of sulfonamides is 1. The fourth-order valence-electron chi connectivity index (χ4n) is 2.49.